The normalized spacial score (nSPS) is 12.0. The highest BCUT2D eigenvalue weighted by Crippen LogP contribution is 2.19. The van der Waals surface area contributed by atoms with Crippen molar-refractivity contribution in [3.63, 3.8) is 0 Å². The predicted octanol–water partition coefficient (Wildman–Crippen LogP) is 4.56. The smallest absolute Gasteiger partial charge is 0.251 e. The van der Waals surface area contributed by atoms with Crippen molar-refractivity contribution in [3.05, 3.63) is 69.2 Å². The molecule has 1 atom stereocenters. The summed E-state index contributed by atoms with van der Waals surface area (Å²) in [5.41, 5.74) is 4.23. The molecule has 0 aliphatic rings. The van der Waals surface area contributed by atoms with Gasteiger partial charge >= 0.3 is 0 Å². The number of carbonyl (C=O) groups is 1. The van der Waals surface area contributed by atoms with E-state index in [-0.39, 0.29) is 11.9 Å². The molecule has 0 heterocycles. The number of benzene rings is 2. The van der Waals surface area contributed by atoms with Crippen LogP contribution in [-0.2, 0) is 0 Å². The van der Waals surface area contributed by atoms with Crippen LogP contribution in [0.5, 0.6) is 0 Å². The molecule has 2 nitrogen and oxygen atoms in total. The van der Waals surface area contributed by atoms with E-state index in [1.807, 2.05) is 31.2 Å². The quantitative estimate of drug-likeness (QED) is 0.877. The fourth-order valence-corrected chi connectivity index (χ4v) is 2.45. The van der Waals surface area contributed by atoms with Crippen LogP contribution in [0.25, 0.3) is 0 Å². The average molecular weight is 332 g/mol. The predicted molar refractivity (Wildman–Crippen MR) is 85.9 cm³/mol. The minimum absolute atomic E-state index is 0.00829. The number of carbonyl (C=O) groups excluding carboxylic acids is 1. The molecule has 0 unspecified atom stereocenters. The number of rotatable bonds is 3. The topological polar surface area (TPSA) is 29.1 Å². The molecule has 0 saturated carbocycles. The lowest BCUT2D eigenvalue weighted by Gasteiger charge is -2.17. The van der Waals surface area contributed by atoms with Gasteiger partial charge in [0, 0.05) is 10.0 Å². The third-order valence-corrected chi connectivity index (χ3v) is 3.88. The molecule has 3 heteroatoms. The van der Waals surface area contributed by atoms with Crippen molar-refractivity contribution in [1.29, 1.82) is 0 Å². The van der Waals surface area contributed by atoms with E-state index in [4.69, 9.17) is 0 Å². The third kappa shape index (κ3) is 3.48. The zero-order valence-corrected chi connectivity index (χ0v) is 13.5. The van der Waals surface area contributed by atoms with Gasteiger partial charge in [-0.25, -0.2) is 0 Å². The van der Waals surface area contributed by atoms with Crippen molar-refractivity contribution in [1.82, 2.24) is 5.32 Å². The summed E-state index contributed by atoms with van der Waals surface area (Å²) in [6.07, 6.45) is 0. The van der Waals surface area contributed by atoms with E-state index in [1.54, 1.807) is 0 Å². The summed E-state index contributed by atoms with van der Waals surface area (Å²) >= 11 is 3.37. The molecular weight excluding hydrogens is 314 g/mol. The first kappa shape index (κ1) is 14.8. The molecule has 0 aliphatic heterocycles. The molecule has 2 rings (SSSR count). The Morgan fingerprint density at radius 3 is 2.40 bits per heavy atom. The van der Waals surface area contributed by atoms with E-state index in [9.17, 15) is 4.79 Å². The van der Waals surface area contributed by atoms with Crippen LogP contribution in [0.3, 0.4) is 0 Å². The van der Waals surface area contributed by atoms with Gasteiger partial charge in [-0.1, -0.05) is 39.7 Å². The summed E-state index contributed by atoms with van der Waals surface area (Å²) < 4.78 is 0.969. The van der Waals surface area contributed by atoms with Gasteiger partial charge in [-0.2, -0.15) is 0 Å². The molecule has 0 aromatic heterocycles. The first-order chi connectivity index (χ1) is 9.47. The molecular formula is C17H18BrNO. The number of hydrogen-bond donors (Lipinski definition) is 1. The van der Waals surface area contributed by atoms with Crippen LogP contribution in [0.15, 0.2) is 46.9 Å². The highest BCUT2D eigenvalue weighted by atomic mass is 79.9. The second kappa shape index (κ2) is 6.23. The SMILES string of the molecule is Cc1ccc(C)c([C@@H](C)NC(=O)c2ccc(Br)cc2)c1. The summed E-state index contributed by atoms with van der Waals surface area (Å²) in [7, 11) is 0. The number of nitrogens with one attached hydrogen (secondary N) is 1. The summed E-state index contributed by atoms with van der Waals surface area (Å²) in [5.74, 6) is -0.0501. The van der Waals surface area contributed by atoms with E-state index >= 15 is 0 Å². The van der Waals surface area contributed by atoms with Crippen molar-refractivity contribution >= 4 is 21.8 Å². The Morgan fingerprint density at radius 2 is 1.75 bits per heavy atom. The van der Waals surface area contributed by atoms with Crippen LogP contribution in [0, 0.1) is 13.8 Å². The zero-order valence-electron chi connectivity index (χ0n) is 11.9. The first-order valence-electron chi connectivity index (χ1n) is 6.61. The van der Waals surface area contributed by atoms with E-state index in [2.05, 4.69) is 53.3 Å². The second-order valence-electron chi connectivity index (χ2n) is 5.06. The van der Waals surface area contributed by atoms with E-state index in [0.29, 0.717) is 5.56 Å². The molecule has 20 heavy (non-hydrogen) atoms. The van der Waals surface area contributed by atoms with Gasteiger partial charge < -0.3 is 5.32 Å². The fourth-order valence-electron chi connectivity index (χ4n) is 2.19. The number of amides is 1. The van der Waals surface area contributed by atoms with Gasteiger partial charge in [0.25, 0.3) is 5.91 Å². The van der Waals surface area contributed by atoms with E-state index in [1.165, 1.54) is 11.1 Å². The van der Waals surface area contributed by atoms with Crippen LogP contribution in [0.4, 0.5) is 0 Å². The molecule has 0 fully saturated rings. The fraction of sp³-hybridized carbons (Fsp3) is 0.235. The van der Waals surface area contributed by atoms with Gasteiger partial charge in [-0.05, 0) is 56.2 Å². The highest BCUT2D eigenvalue weighted by molar-refractivity contribution is 9.10. The Hall–Kier alpha value is -1.61. The molecule has 104 valence electrons. The average Bonchev–Trinajstić information content (AvgIpc) is 2.42. The largest absolute Gasteiger partial charge is 0.346 e. The molecule has 1 amide bonds. The van der Waals surface area contributed by atoms with E-state index in [0.717, 1.165) is 10.0 Å². The summed E-state index contributed by atoms with van der Waals surface area (Å²) in [5, 5.41) is 3.05. The Morgan fingerprint density at radius 1 is 1.10 bits per heavy atom. The summed E-state index contributed by atoms with van der Waals surface area (Å²) in [4.78, 5) is 12.2. The number of aryl methyl sites for hydroxylation is 2. The molecule has 0 spiro atoms. The Labute approximate surface area is 128 Å². The minimum atomic E-state index is -0.0501. The molecule has 2 aromatic carbocycles. The van der Waals surface area contributed by atoms with E-state index < -0.39 is 0 Å². The molecule has 0 aliphatic carbocycles. The van der Waals surface area contributed by atoms with Crippen molar-refractivity contribution in [2.45, 2.75) is 26.8 Å². The number of halogens is 1. The molecule has 1 N–H and O–H groups in total. The maximum atomic E-state index is 12.2. The monoisotopic (exact) mass is 331 g/mol. The molecule has 0 saturated heterocycles. The third-order valence-electron chi connectivity index (χ3n) is 3.36. The standard InChI is InChI=1S/C17H18BrNO/c1-11-4-5-12(2)16(10-11)13(3)19-17(20)14-6-8-15(18)9-7-14/h4-10,13H,1-3H3,(H,19,20)/t13-/m1/s1. The van der Waals surface area contributed by atoms with Crippen molar-refractivity contribution in [2.75, 3.05) is 0 Å². The highest BCUT2D eigenvalue weighted by Gasteiger charge is 2.13. The van der Waals surface area contributed by atoms with Crippen molar-refractivity contribution in [3.8, 4) is 0 Å². The van der Waals surface area contributed by atoms with Gasteiger partial charge in [0.05, 0.1) is 6.04 Å². The van der Waals surface area contributed by atoms with Crippen molar-refractivity contribution < 1.29 is 4.79 Å². The van der Waals surface area contributed by atoms with Crippen LogP contribution in [0.1, 0.15) is 40.0 Å². The van der Waals surface area contributed by atoms with Crippen molar-refractivity contribution in [2.24, 2.45) is 0 Å². The van der Waals surface area contributed by atoms with Crippen LogP contribution >= 0.6 is 15.9 Å². The Bertz CT molecular complexity index is 619. The zero-order chi connectivity index (χ0) is 14.7. The van der Waals surface area contributed by atoms with Gasteiger partial charge in [-0.15, -0.1) is 0 Å². The molecule has 0 radical (unpaired) electrons. The maximum absolute atomic E-state index is 12.2. The van der Waals surface area contributed by atoms with Gasteiger partial charge in [-0.3, -0.25) is 4.79 Å². The van der Waals surface area contributed by atoms with Crippen LogP contribution < -0.4 is 5.32 Å². The number of hydrogen-bond acceptors (Lipinski definition) is 1. The Balaban J connectivity index is 2.15. The van der Waals surface area contributed by atoms with Gasteiger partial charge in [0.2, 0.25) is 0 Å². The minimum Gasteiger partial charge on any atom is -0.346 e. The maximum Gasteiger partial charge on any atom is 0.251 e. The first-order valence-corrected chi connectivity index (χ1v) is 7.40. The van der Waals surface area contributed by atoms with Crippen LogP contribution in [-0.4, -0.2) is 5.91 Å². The summed E-state index contributed by atoms with van der Waals surface area (Å²) in [6.45, 7) is 6.14. The van der Waals surface area contributed by atoms with Gasteiger partial charge in [0.1, 0.15) is 0 Å². The van der Waals surface area contributed by atoms with Crippen LogP contribution in [0.2, 0.25) is 0 Å². The lowest BCUT2D eigenvalue weighted by atomic mass is 10.00. The van der Waals surface area contributed by atoms with Gasteiger partial charge in [0.15, 0.2) is 0 Å². The molecule has 2 aromatic rings. The summed E-state index contributed by atoms with van der Waals surface area (Å²) in [6, 6.07) is 13.7. The molecule has 0 bridgehead atoms. The lowest BCUT2D eigenvalue weighted by Crippen LogP contribution is -2.27. The lowest BCUT2D eigenvalue weighted by molar-refractivity contribution is 0.0940. The Kier molecular flexibility index (Phi) is 4.61. The second-order valence-corrected chi connectivity index (χ2v) is 5.98.